The number of hydrogen-bond donors (Lipinski definition) is 0. The lowest BCUT2D eigenvalue weighted by molar-refractivity contribution is -0.138. The van der Waals surface area contributed by atoms with E-state index < -0.39 is 7.12 Å². The Morgan fingerprint density at radius 1 is 1.15 bits per heavy atom. The van der Waals surface area contributed by atoms with E-state index in [1.165, 1.54) is 0 Å². The van der Waals surface area contributed by atoms with Crippen LogP contribution in [0.5, 0.6) is 0 Å². The molecule has 0 unspecified atom stereocenters. The van der Waals surface area contributed by atoms with Crippen molar-refractivity contribution in [2.45, 2.75) is 71.5 Å². The molecule has 1 fully saturated rings. The SMILES string of the molecule is CCOC(=O)C1=C(B2OC(C)(C)C(C)(C)O2)CCCC1. The predicted octanol–water partition coefficient (Wildman–Crippen LogP) is 3.05. The maximum atomic E-state index is 12.1. The van der Waals surface area contributed by atoms with Gasteiger partial charge >= 0.3 is 13.1 Å². The summed E-state index contributed by atoms with van der Waals surface area (Å²) in [5.74, 6) is -0.211. The van der Waals surface area contributed by atoms with E-state index in [-0.39, 0.29) is 17.2 Å². The Morgan fingerprint density at radius 2 is 1.70 bits per heavy atom. The minimum Gasteiger partial charge on any atom is -0.463 e. The molecule has 112 valence electrons. The van der Waals surface area contributed by atoms with Gasteiger partial charge in [-0.2, -0.15) is 0 Å². The zero-order valence-electron chi connectivity index (χ0n) is 13.2. The van der Waals surface area contributed by atoms with Gasteiger partial charge in [0.05, 0.1) is 17.8 Å². The predicted molar refractivity (Wildman–Crippen MR) is 78.2 cm³/mol. The van der Waals surface area contributed by atoms with Crippen molar-refractivity contribution in [3.63, 3.8) is 0 Å². The summed E-state index contributed by atoms with van der Waals surface area (Å²) in [6, 6.07) is 0. The standard InChI is InChI=1S/C15H25BO4/c1-6-18-13(17)11-9-7-8-10-12(11)16-19-14(2,3)15(4,5)20-16/h6-10H2,1-5H3. The lowest BCUT2D eigenvalue weighted by atomic mass is 9.69. The Labute approximate surface area is 122 Å². The Balaban J connectivity index is 2.27. The fraction of sp³-hybridized carbons (Fsp3) is 0.800. The summed E-state index contributed by atoms with van der Waals surface area (Å²) >= 11 is 0. The van der Waals surface area contributed by atoms with E-state index in [0.717, 1.165) is 36.7 Å². The van der Waals surface area contributed by atoms with Crippen molar-refractivity contribution in [3.8, 4) is 0 Å². The van der Waals surface area contributed by atoms with Crippen molar-refractivity contribution in [2.75, 3.05) is 6.61 Å². The molecule has 0 atom stereocenters. The van der Waals surface area contributed by atoms with Crippen LogP contribution in [0.15, 0.2) is 11.0 Å². The van der Waals surface area contributed by atoms with Gasteiger partial charge < -0.3 is 14.0 Å². The summed E-state index contributed by atoms with van der Waals surface area (Å²) in [4.78, 5) is 12.1. The second-order valence-electron chi connectivity index (χ2n) is 6.52. The molecule has 0 aromatic heterocycles. The van der Waals surface area contributed by atoms with Crippen LogP contribution in [0.25, 0.3) is 0 Å². The number of ether oxygens (including phenoxy) is 1. The second-order valence-corrected chi connectivity index (χ2v) is 6.52. The van der Waals surface area contributed by atoms with Gasteiger partial charge in [0.2, 0.25) is 0 Å². The third kappa shape index (κ3) is 2.79. The van der Waals surface area contributed by atoms with Gasteiger partial charge in [0.1, 0.15) is 0 Å². The summed E-state index contributed by atoms with van der Waals surface area (Å²) < 4.78 is 17.3. The lowest BCUT2D eigenvalue weighted by Gasteiger charge is -2.32. The first-order valence-corrected chi connectivity index (χ1v) is 7.53. The lowest BCUT2D eigenvalue weighted by Crippen LogP contribution is -2.41. The smallest absolute Gasteiger partial charge is 0.463 e. The highest BCUT2D eigenvalue weighted by molar-refractivity contribution is 6.55. The van der Waals surface area contributed by atoms with Gasteiger partial charge in [-0.1, -0.05) is 0 Å². The zero-order chi connectivity index (χ0) is 15.0. The first-order chi connectivity index (χ1) is 9.28. The van der Waals surface area contributed by atoms with Crippen molar-refractivity contribution in [1.29, 1.82) is 0 Å². The van der Waals surface area contributed by atoms with E-state index >= 15 is 0 Å². The molecule has 5 heteroatoms. The highest BCUT2D eigenvalue weighted by Crippen LogP contribution is 2.41. The van der Waals surface area contributed by atoms with Gasteiger partial charge in [0, 0.05) is 5.57 Å². The maximum Gasteiger partial charge on any atom is 0.491 e. The van der Waals surface area contributed by atoms with Gasteiger partial charge in [-0.25, -0.2) is 4.79 Å². The van der Waals surface area contributed by atoms with Gasteiger partial charge in [-0.15, -0.1) is 0 Å². The van der Waals surface area contributed by atoms with E-state index in [0.29, 0.717) is 6.61 Å². The van der Waals surface area contributed by atoms with Crippen LogP contribution < -0.4 is 0 Å². The molecule has 1 aliphatic carbocycles. The van der Waals surface area contributed by atoms with Crippen LogP contribution in [0.1, 0.15) is 60.3 Å². The average molecular weight is 280 g/mol. The van der Waals surface area contributed by atoms with Crippen molar-refractivity contribution in [1.82, 2.24) is 0 Å². The third-order valence-corrected chi connectivity index (χ3v) is 4.57. The van der Waals surface area contributed by atoms with E-state index in [2.05, 4.69) is 0 Å². The number of rotatable bonds is 3. The molecule has 0 aromatic carbocycles. The number of esters is 1. The molecule has 0 spiro atoms. The van der Waals surface area contributed by atoms with Crippen LogP contribution in [0.3, 0.4) is 0 Å². The number of carbonyl (C=O) groups excluding carboxylic acids is 1. The first kappa shape index (κ1) is 15.6. The van der Waals surface area contributed by atoms with Gasteiger partial charge in [-0.05, 0) is 65.8 Å². The normalized spacial score (nSPS) is 24.9. The fourth-order valence-electron chi connectivity index (χ4n) is 2.63. The minimum absolute atomic E-state index is 0.211. The van der Waals surface area contributed by atoms with Crippen LogP contribution >= 0.6 is 0 Å². The zero-order valence-corrected chi connectivity index (χ0v) is 13.2. The highest BCUT2D eigenvalue weighted by Gasteiger charge is 2.53. The fourth-order valence-corrected chi connectivity index (χ4v) is 2.63. The number of allylic oxidation sites excluding steroid dienone is 1. The molecule has 0 radical (unpaired) electrons. The van der Waals surface area contributed by atoms with Gasteiger partial charge in [0.15, 0.2) is 0 Å². The van der Waals surface area contributed by atoms with Crippen LogP contribution in [-0.4, -0.2) is 30.9 Å². The van der Waals surface area contributed by atoms with Crippen LogP contribution in [-0.2, 0) is 18.8 Å². The molecule has 0 saturated carbocycles. The monoisotopic (exact) mass is 280 g/mol. The van der Waals surface area contributed by atoms with E-state index in [4.69, 9.17) is 14.0 Å². The number of carbonyl (C=O) groups is 1. The van der Waals surface area contributed by atoms with Gasteiger partial charge in [0.25, 0.3) is 0 Å². The summed E-state index contributed by atoms with van der Waals surface area (Å²) in [5.41, 5.74) is 0.994. The highest BCUT2D eigenvalue weighted by atomic mass is 16.7. The van der Waals surface area contributed by atoms with E-state index in [9.17, 15) is 4.79 Å². The molecule has 2 rings (SSSR count). The topological polar surface area (TPSA) is 44.8 Å². The summed E-state index contributed by atoms with van der Waals surface area (Å²) in [7, 11) is -0.417. The molecule has 0 amide bonds. The van der Waals surface area contributed by atoms with Crippen LogP contribution in [0.4, 0.5) is 0 Å². The van der Waals surface area contributed by atoms with E-state index in [1.54, 1.807) is 0 Å². The first-order valence-electron chi connectivity index (χ1n) is 7.53. The molecule has 0 bridgehead atoms. The molecular weight excluding hydrogens is 255 g/mol. The number of hydrogen-bond acceptors (Lipinski definition) is 4. The molecule has 4 nitrogen and oxygen atoms in total. The molecule has 0 N–H and O–H groups in total. The van der Waals surface area contributed by atoms with E-state index in [1.807, 2.05) is 34.6 Å². The Bertz CT molecular complexity index is 410. The largest absolute Gasteiger partial charge is 0.491 e. The summed E-state index contributed by atoms with van der Waals surface area (Å²) in [6.45, 7) is 10.3. The summed E-state index contributed by atoms with van der Waals surface area (Å²) in [5, 5.41) is 0. The Hall–Kier alpha value is -0.805. The third-order valence-electron chi connectivity index (χ3n) is 4.57. The Kier molecular flexibility index (Phi) is 4.31. The van der Waals surface area contributed by atoms with Crippen molar-refractivity contribution < 1.29 is 18.8 Å². The van der Waals surface area contributed by atoms with Crippen LogP contribution in [0.2, 0.25) is 0 Å². The van der Waals surface area contributed by atoms with Crippen molar-refractivity contribution in [2.24, 2.45) is 0 Å². The Morgan fingerprint density at radius 3 is 2.25 bits per heavy atom. The molecular formula is C15H25BO4. The van der Waals surface area contributed by atoms with Crippen LogP contribution in [0, 0.1) is 0 Å². The molecule has 1 heterocycles. The molecule has 20 heavy (non-hydrogen) atoms. The van der Waals surface area contributed by atoms with Gasteiger partial charge in [-0.3, -0.25) is 0 Å². The van der Waals surface area contributed by atoms with Crippen molar-refractivity contribution in [3.05, 3.63) is 11.0 Å². The maximum absolute atomic E-state index is 12.1. The second kappa shape index (κ2) is 5.53. The quantitative estimate of drug-likeness (QED) is 0.588. The molecule has 2 aliphatic rings. The molecule has 1 aliphatic heterocycles. The average Bonchev–Trinajstić information content (AvgIpc) is 2.59. The summed E-state index contributed by atoms with van der Waals surface area (Å²) in [6.07, 6.45) is 3.71. The van der Waals surface area contributed by atoms with Crippen molar-refractivity contribution >= 4 is 13.1 Å². The minimum atomic E-state index is -0.417. The molecule has 0 aromatic rings. The molecule has 1 saturated heterocycles.